The van der Waals surface area contributed by atoms with Crippen molar-refractivity contribution >= 4 is 13.8 Å². The van der Waals surface area contributed by atoms with Gasteiger partial charge >= 0.3 is 5.97 Å². The van der Waals surface area contributed by atoms with E-state index in [1.54, 1.807) is 0 Å². The Morgan fingerprint density at radius 1 is 0.700 bits per heavy atom. The van der Waals surface area contributed by atoms with Gasteiger partial charge in [0.05, 0.1) is 7.11 Å². The molecule has 0 aromatic rings. The predicted molar refractivity (Wildman–Crippen MR) is 90.0 cm³/mol. The predicted octanol–water partition coefficient (Wildman–Crippen LogP) is 4.67. The minimum absolute atomic E-state index is 0.0658. The van der Waals surface area contributed by atoms with Crippen molar-refractivity contribution in [2.45, 2.75) is 96.2 Å². The van der Waals surface area contributed by atoms with E-state index in [-0.39, 0.29) is 5.97 Å². The van der Waals surface area contributed by atoms with E-state index < -0.39 is 0 Å². The Kier molecular flexibility index (Phi) is 16.2. The maximum Gasteiger partial charge on any atom is 0.305 e. The van der Waals surface area contributed by atoms with Crippen LogP contribution in [-0.4, -0.2) is 20.9 Å². The van der Waals surface area contributed by atoms with Crippen LogP contribution < -0.4 is 0 Å². The molecule has 3 heteroatoms. The summed E-state index contributed by atoms with van der Waals surface area (Å²) in [5.74, 6) is -0.0658. The third kappa shape index (κ3) is 15.6. The van der Waals surface area contributed by atoms with Crippen LogP contribution in [0, 0.1) is 0 Å². The van der Waals surface area contributed by atoms with Crippen LogP contribution in [-0.2, 0) is 9.53 Å². The fraction of sp³-hybridized carbons (Fsp3) is 0.941. The van der Waals surface area contributed by atoms with Gasteiger partial charge in [-0.25, -0.2) is 0 Å². The van der Waals surface area contributed by atoms with Gasteiger partial charge in [-0.15, -0.1) is 0 Å². The molecule has 0 radical (unpaired) electrons. The van der Waals surface area contributed by atoms with E-state index in [1.807, 2.05) is 0 Å². The lowest BCUT2D eigenvalue weighted by atomic mass is 9.98. The van der Waals surface area contributed by atoms with Crippen LogP contribution in [0.15, 0.2) is 0 Å². The van der Waals surface area contributed by atoms with Crippen molar-refractivity contribution in [1.29, 1.82) is 0 Å². The molecule has 0 fully saturated rings. The highest BCUT2D eigenvalue weighted by molar-refractivity contribution is 6.08. The quantitative estimate of drug-likeness (QED) is 0.248. The molecule has 118 valence electrons. The fourth-order valence-electron chi connectivity index (χ4n) is 2.57. The fourth-order valence-corrected chi connectivity index (χ4v) is 2.57. The second-order valence-corrected chi connectivity index (χ2v) is 5.92. The highest BCUT2D eigenvalue weighted by Crippen LogP contribution is 2.13. The van der Waals surface area contributed by atoms with Crippen molar-refractivity contribution in [1.82, 2.24) is 0 Å². The molecule has 0 saturated heterocycles. The van der Waals surface area contributed by atoms with Crippen molar-refractivity contribution in [2.75, 3.05) is 7.11 Å². The smallest absolute Gasteiger partial charge is 0.305 e. The first-order valence-corrected chi connectivity index (χ1v) is 8.88. The van der Waals surface area contributed by atoms with Crippen LogP contribution in [0.5, 0.6) is 0 Å². The van der Waals surface area contributed by atoms with Gasteiger partial charge < -0.3 is 4.74 Å². The number of rotatable bonds is 15. The average Bonchev–Trinajstić information content (AvgIpc) is 2.47. The third-order valence-corrected chi connectivity index (χ3v) is 3.96. The number of ether oxygens (including phenoxy) is 1. The number of methoxy groups -OCH3 is 1. The van der Waals surface area contributed by atoms with E-state index >= 15 is 0 Å². The zero-order valence-electron chi connectivity index (χ0n) is 13.9. The molecule has 0 amide bonds. The second-order valence-electron chi connectivity index (χ2n) is 5.92. The Labute approximate surface area is 127 Å². The largest absolute Gasteiger partial charge is 0.469 e. The van der Waals surface area contributed by atoms with Crippen LogP contribution in [0.3, 0.4) is 0 Å². The Morgan fingerprint density at radius 2 is 1.05 bits per heavy atom. The summed E-state index contributed by atoms with van der Waals surface area (Å²) < 4.78 is 4.62. The van der Waals surface area contributed by atoms with Crippen LogP contribution in [0.1, 0.15) is 89.9 Å². The van der Waals surface area contributed by atoms with E-state index in [1.165, 1.54) is 90.5 Å². The lowest BCUT2D eigenvalue weighted by molar-refractivity contribution is -0.140. The molecule has 0 aliphatic carbocycles. The number of hydrogen-bond acceptors (Lipinski definition) is 2. The summed E-state index contributed by atoms with van der Waals surface area (Å²) in [6.07, 6.45) is 19.5. The molecule has 0 saturated carbocycles. The minimum Gasteiger partial charge on any atom is -0.469 e. The van der Waals surface area contributed by atoms with Crippen LogP contribution in [0.4, 0.5) is 0 Å². The molecule has 0 unspecified atom stereocenters. The van der Waals surface area contributed by atoms with Crippen molar-refractivity contribution in [2.24, 2.45) is 0 Å². The van der Waals surface area contributed by atoms with E-state index in [0.717, 1.165) is 6.42 Å². The molecule has 0 aromatic carbocycles. The molecule has 0 aliphatic rings. The first-order valence-electron chi connectivity index (χ1n) is 8.88. The summed E-state index contributed by atoms with van der Waals surface area (Å²) in [6, 6.07) is 0. The van der Waals surface area contributed by atoms with Gasteiger partial charge in [0, 0.05) is 6.42 Å². The Balaban J connectivity index is 2.97. The van der Waals surface area contributed by atoms with Gasteiger partial charge in [-0.3, -0.25) is 4.79 Å². The second kappa shape index (κ2) is 16.6. The van der Waals surface area contributed by atoms with Crippen molar-refractivity contribution in [3.8, 4) is 0 Å². The van der Waals surface area contributed by atoms with Gasteiger partial charge in [0.25, 0.3) is 0 Å². The van der Waals surface area contributed by atoms with Gasteiger partial charge in [-0.1, -0.05) is 83.4 Å². The first kappa shape index (κ1) is 19.5. The SMILES string of the molecule is BCCCCCCCCCCCCCCCC(=O)OC. The summed E-state index contributed by atoms with van der Waals surface area (Å²) >= 11 is 0. The molecular formula is C17H35BO2. The lowest BCUT2D eigenvalue weighted by Crippen LogP contribution is -1.99. The molecule has 0 atom stereocenters. The van der Waals surface area contributed by atoms with Crippen molar-refractivity contribution in [3.05, 3.63) is 0 Å². The Morgan fingerprint density at radius 3 is 1.40 bits per heavy atom. The standard InChI is InChI=1S/C17H35BO2/c1-20-17(19)15-13-11-9-7-5-3-2-4-6-8-10-12-14-16-18/h2-16,18H2,1H3. The monoisotopic (exact) mass is 282 g/mol. The molecule has 0 bridgehead atoms. The number of hydrogen-bond donors (Lipinski definition) is 0. The third-order valence-electron chi connectivity index (χ3n) is 3.96. The van der Waals surface area contributed by atoms with Gasteiger partial charge in [0.2, 0.25) is 0 Å². The molecule has 0 spiro atoms. The molecule has 2 nitrogen and oxygen atoms in total. The molecule has 0 aliphatic heterocycles. The van der Waals surface area contributed by atoms with Gasteiger partial charge in [-0.05, 0) is 6.42 Å². The highest BCUT2D eigenvalue weighted by Gasteiger charge is 1.99. The lowest BCUT2D eigenvalue weighted by Gasteiger charge is -2.03. The van der Waals surface area contributed by atoms with Crippen LogP contribution in [0.2, 0.25) is 6.32 Å². The van der Waals surface area contributed by atoms with E-state index in [9.17, 15) is 4.79 Å². The summed E-state index contributed by atoms with van der Waals surface area (Å²) in [5.41, 5.74) is 0. The summed E-state index contributed by atoms with van der Waals surface area (Å²) in [6.45, 7) is 0. The molecule has 0 N–H and O–H groups in total. The van der Waals surface area contributed by atoms with Crippen molar-refractivity contribution < 1.29 is 9.53 Å². The molecule has 0 aromatic heterocycles. The van der Waals surface area contributed by atoms with Crippen LogP contribution in [0.25, 0.3) is 0 Å². The maximum absolute atomic E-state index is 10.9. The summed E-state index contributed by atoms with van der Waals surface area (Å²) in [7, 11) is 3.74. The normalized spacial score (nSPS) is 10.7. The first-order chi connectivity index (χ1) is 9.81. The topological polar surface area (TPSA) is 26.3 Å². The van der Waals surface area contributed by atoms with Crippen LogP contribution >= 0.6 is 0 Å². The number of carbonyl (C=O) groups is 1. The molecule has 0 heterocycles. The summed E-state index contributed by atoms with van der Waals surface area (Å²) in [5, 5.41) is 0. The van der Waals surface area contributed by atoms with E-state index in [4.69, 9.17) is 0 Å². The number of unbranched alkanes of at least 4 members (excludes halogenated alkanes) is 12. The molecule has 0 rings (SSSR count). The van der Waals surface area contributed by atoms with Gasteiger partial charge in [-0.2, -0.15) is 0 Å². The maximum atomic E-state index is 10.9. The zero-order chi connectivity index (χ0) is 14.9. The van der Waals surface area contributed by atoms with Gasteiger partial charge in [0.15, 0.2) is 0 Å². The molecular weight excluding hydrogens is 247 g/mol. The zero-order valence-corrected chi connectivity index (χ0v) is 13.9. The number of carbonyl (C=O) groups excluding carboxylic acids is 1. The summed E-state index contributed by atoms with van der Waals surface area (Å²) in [4.78, 5) is 10.9. The molecule has 20 heavy (non-hydrogen) atoms. The number of esters is 1. The minimum atomic E-state index is -0.0658. The van der Waals surface area contributed by atoms with Gasteiger partial charge in [0.1, 0.15) is 7.85 Å². The Bertz CT molecular complexity index is 207. The Hall–Kier alpha value is -0.465. The van der Waals surface area contributed by atoms with E-state index in [2.05, 4.69) is 12.6 Å². The average molecular weight is 282 g/mol. The van der Waals surface area contributed by atoms with Crippen molar-refractivity contribution in [3.63, 3.8) is 0 Å². The van der Waals surface area contributed by atoms with E-state index in [0.29, 0.717) is 6.42 Å². The highest BCUT2D eigenvalue weighted by atomic mass is 16.5.